The average Bonchev–Trinajstić information content (AvgIpc) is 3.25. The maximum atomic E-state index is 12.6. The van der Waals surface area contributed by atoms with Crippen LogP contribution in [0, 0.1) is 11.3 Å². The van der Waals surface area contributed by atoms with Gasteiger partial charge in [0.15, 0.2) is 0 Å². The number of hydrogen-bond donors (Lipinski definition) is 0. The fourth-order valence-electron chi connectivity index (χ4n) is 3.20. The van der Waals surface area contributed by atoms with Crippen LogP contribution in [0.25, 0.3) is 0 Å². The van der Waals surface area contributed by atoms with E-state index in [1.54, 1.807) is 11.0 Å². The average molecular weight is 309 g/mol. The van der Waals surface area contributed by atoms with Crippen LogP contribution < -0.4 is 4.90 Å². The summed E-state index contributed by atoms with van der Waals surface area (Å²) in [7, 11) is 0. The smallest absolute Gasteiger partial charge is 0.236 e. The Morgan fingerprint density at radius 1 is 1.14 bits per heavy atom. The molecule has 0 aromatic heterocycles. The Hall–Kier alpha value is -2.31. The Bertz CT molecular complexity index is 833. The van der Waals surface area contributed by atoms with Crippen LogP contribution in [-0.4, -0.2) is 5.91 Å². The molecule has 0 radical (unpaired) electrons. The maximum absolute atomic E-state index is 12.6. The van der Waals surface area contributed by atoms with Gasteiger partial charge in [-0.1, -0.05) is 41.9 Å². The molecular weight excluding hydrogens is 296 g/mol. The maximum Gasteiger partial charge on any atom is 0.236 e. The molecule has 1 aliphatic heterocycles. The van der Waals surface area contributed by atoms with E-state index in [0.717, 1.165) is 29.7 Å². The van der Waals surface area contributed by atoms with E-state index < -0.39 is 5.41 Å². The second-order valence-electron chi connectivity index (χ2n) is 5.86. The number of rotatable bonds is 2. The highest BCUT2D eigenvalue weighted by atomic mass is 35.5. The van der Waals surface area contributed by atoms with Crippen molar-refractivity contribution in [3.8, 4) is 6.07 Å². The molecule has 4 heteroatoms. The lowest BCUT2D eigenvalue weighted by molar-refractivity contribution is -0.116. The first kappa shape index (κ1) is 13.4. The molecule has 1 heterocycles. The predicted octanol–water partition coefficient (Wildman–Crippen LogP) is 4.12. The fraction of sp³-hybridized carbons (Fsp3) is 0.222. The molecule has 0 spiro atoms. The predicted molar refractivity (Wildman–Crippen MR) is 85.3 cm³/mol. The Morgan fingerprint density at radius 3 is 2.64 bits per heavy atom. The summed E-state index contributed by atoms with van der Waals surface area (Å²) in [5.41, 5.74) is 2.93. The van der Waals surface area contributed by atoms with E-state index in [4.69, 9.17) is 11.6 Å². The number of fused-ring (bicyclic) bond motifs is 1. The third-order valence-electron chi connectivity index (χ3n) is 4.51. The van der Waals surface area contributed by atoms with Crippen LogP contribution in [0.15, 0.2) is 42.5 Å². The number of amides is 1. The van der Waals surface area contributed by atoms with E-state index in [0.29, 0.717) is 17.1 Å². The third kappa shape index (κ3) is 1.77. The van der Waals surface area contributed by atoms with E-state index in [-0.39, 0.29) is 5.91 Å². The minimum Gasteiger partial charge on any atom is -0.279 e. The lowest BCUT2D eigenvalue weighted by atomic mass is 9.95. The first-order valence-corrected chi connectivity index (χ1v) is 7.65. The van der Waals surface area contributed by atoms with Gasteiger partial charge in [0.1, 0.15) is 0 Å². The van der Waals surface area contributed by atoms with Gasteiger partial charge < -0.3 is 0 Å². The monoisotopic (exact) mass is 308 g/mol. The zero-order valence-corrected chi connectivity index (χ0v) is 12.6. The van der Waals surface area contributed by atoms with Crippen LogP contribution in [0.1, 0.15) is 24.0 Å². The largest absolute Gasteiger partial charge is 0.279 e. The molecule has 108 valence electrons. The molecule has 0 unspecified atom stereocenters. The molecule has 4 rings (SSSR count). The highest BCUT2D eigenvalue weighted by molar-refractivity contribution is 6.34. The number of para-hydroxylation sites is 2. The first-order valence-electron chi connectivity index (χ1n) is 7.27. The van der Waals surface area contributed by atoms with Gasteiger partial charge in [-0.3, -0.25) is 9.69 Å². The molecule has 0 saturated heterocycles. The summed E-state index contributed by atoms with van der Waals surface area (Å²) < 4.78 is 0. The Balaban J connectivity index is 1.95. The highest BCUT2D eigenvalue weighted by Crippen LogP contribution is 2.54. The number of anilines is 2. The van der Waals surface area contributed by atoms with Crippen molar-refractivity contribution in [1.82, 2.24) is 0 Å². The van der Waals surface area contributed by atoms with Crippen molar-refractivity contribution >= 4 is 28.9 Å². The van der Waals surface area contributed by atoms with Gasteiger partial charge in [-0.2, -0.15) is 5.26 Å². The van der Waals surface area contributed by atoms with Crippen molar-refractivity contribution in [3.63, 3.8) is 0 Å². The molecule has 1 fully saturated rings. The van der Waals surface area contributed by atoms with Crippen LogP contribution in [0.4, 0.5) is 11.4 Å². The zero-order valence-electron chi connectivity index (χ0n) is 11.8. The number of carbonyl (C=O) groups excluding carboxylic acids is 1. The van der Waals surface area contributed by atoms with Crippen molar-refractivity contribution in [1.29, 1.82) is 5.26 Å². The minimum atomic E-state index is -0.488. The van der Waals surface area contributed by atoms with Gasteiger partial charge in [-0.25, -0.2) is 0 Å². The summed E-state index contributed by atoms with van der Waals surface area (Å²) in [6.45, 7) is 0. The number of hydrogen-bond acceptors (Lipinski definition) is 2. The summed E-state index contributed by atoms with van der Waals surface area (Å²) in [4.78, 5) is 14.2. The summed E-state index contributed by atoms with van der Waals surface area (Å²) in [5, 5.41) is 10.1. The van der Waals surface area contributed by atoms with E-state index in [1.807, 2.05) is 36.4 Å². The van der Waals surface area contributed by atoms with Crippen LogP contribution in [-0.2, 0) is 16.6 Å². The van der Waals surface area contributed by atoms with Crippen molar-refractivity contribution in [3.05, 3.63) is 58.6 Å². The number of benzene rings is 2. The van der Waals surface area contributed by atoms with Crippen molar-refractivity contribution in [2.45, 2.75) is 24.7 Å². The van der Waals surface area contributed by atoms with Crippen LogP contribution in [0.3, 0.4) is 0 Å². The quantitative estimate of drug-likeness (QED) is 0.837. The van der Waals surface area contributed by atoms with Crippen LogP contribution >= 0.6 is 11.6 Å². The molecule has 2 aliphatic rings. The number of nitriles is 1. The molecule has 2 aromatic rings. The standard InChI is InChI=1S/C18H13ClN2O/c19-14-6-3-5-13(18(11-20)8-9-18)17(14)21-15-7-2-1-4-12(15)10-16(21)22/h1-7H,8-10H2. The summed E-state index contributed by atoms with van der Waals surface area (Å²) >= 11 is 6.43. The van der Waals surface area contributed by atoms with E-state index in [2.05, 4.69) is 6.07 Å². The molecular formula is C18H13ClN2O. The van der Waals surface area contributed by atoms with Gasteiger partial charge in [-0.15, -0.1) is 0 Å². The highest BCUT2D eigenvalue weighted by Gasteiger charge is 2.48. The third-order valence-corrected chi connectivity index (χ3v) is 4.82. The topological polar surface area (TPSA) is 44.1 Å². The lowest BCUT2D eigenvalue weighted by Gasteiger charge is -2.24. The molecule has 1 aliphatic carbocycles. The molecule has 3 nitrogen and oxygen atoms in total. The Morgan fingerprint density at radius 2 is 1.91 bits per heavy atom. The van der Waals surface area contributed by atoms with Gasteiger partial charge in [0.2, 0.25) is 5.91 Å². The van der Waals surface area contributed by atoms with Crippen LogP contribution in [0.2, 0.25) is 5.02 Å². The Kier molecular flexibility index (Phi) is 2.79. The fourth-order valence-corrected chi connectivity index (χ4v) is 3.45. The summed E-state index contributed by atoms with van der Waals surface area (Å²) in [6.07, 6.45) is 2.02. The van der Waals surface area contributed by atoms with E-state index in [1.165, 1.54) is 0 Å². The van der Waals surface area contributed by atoms with Crippen molar-refractivity contribution < 1.29 is 4.79 Å². The lowest BCUT2D eigenvalue weighted by Crippen LogP contribution is -2.24. The molecule has 0 atom stereocenters. The molecule has 0 bridgehead atoms. The molecule has 0 N–H and O–H groups in total. The molecule has 1 saturated carbocycles. The second-order valence-corrected chi connectivity index (χ2v) is 6.27. The summed E-state index contributed by atoms with van der Waals surface area (Å²) in [5.74, 6) is 0.00397. The van der Waals surface area contributed by atoms with Gasteiger partial charge >= 0.3 is 0 Å². The van der Waals surface area contributed by atoms with Crippen molar-refractivity contribution in [2.75, 3.05) is 4.90 Å². The van der Waals surface area contributed by atoms with E-state index >= 15 is 0 Å². The van der Waals surface area contributed by atoms with E-state index in [9.17, 15) is 10.1 Å². The first-order chi connectivity index (χ1) is 10.7. The van der Waals surface area contributed by atoms with Crippen molar-refractivity contribution in [2.24, 2.45) is 0 Å². The van der Waals surface area contributed by atoms with Gasteiger partial charge in [0, 0.05) is 0 Å². The molecule has 1 amide bonds. The van der Waals surface area contributed by atoms with Gasteiger partial charge in [0.05, 0.1) is 34.3 Å². The zero-order chi connectivity index (χ0) is 15.3. The number of nitrogens with zero attached hydrogens (tertiary/aromatic N) is 2. The summed E-state index contributed by atoms with van der Waals surface area (Å²) in [6, 6.07) is 15.7. The normalized spacial score (nSPS) is 18.0. The number of carbonyl (C=O) groups is 1. The van der Waals surface area contributed by atoms with Crippen LogP contribution in [0.5, 0.6) is 0 Å². The molecule has 22 heavy (non-hydrogen) atoms. The number of halogens is 1. The Labute approximate surface area is 133 Å². The molecule has 2 aromatic carbocycles. The van der Waals surface area contributed by atoms with Gasteiger partial charge in [0.25, 0.3) is 0 Å². The van der Waals surface area contributed by atoms with Gasteiger partial charge in [-0.05, 0) is 36.1 Å². The minimum absolute atomic E-state index is 0.00397. The second kappa shape index (κ2) is 4.59. The SMILES string of the molecule is N#CC1(c2cccc(Cl)c2N2C(=O)Cc3ccccc32)CC1.